The highest BCUT2D eigenvalue weighted by molar-refractivity contribution is 5.79. The average Bonchev–Trinajstić information content (AvgIpc) is 2.37. The fourth-order valence-electron chi connectivity index (χ4n) is 1.42. The first kappa shape index (κ1) is 13.5. The van der Waals surface area contributed by atoms with Gasteiger partial charge in [0.1, 0.15) is 0 Å². The van der Waals surface area contributed by atoms with Gasteiger partial charge < -0.3 is 10.6 Å². The van der Waals surface area contributed by atoms with Gasteiger partial charge >= 0.3 is 0 Å². The first-order valence-electron chi connectivity index (χ1n) is 6.29. The van der Waals surface area contributed by atoms with Crippen molar-refractivity contribution in [3.05, 3.63) is 30.1 Å². The maximum Gasteiger partial charge on any atom is 0.191 e. The van der Waals surface area contributed by atoms with E-state index in [1.54, 1.807) is 0 Å². The molecule has 0 unspecified atom stereocenters. The molecule has 2 N–H and O–H groups in total. The van der Waals surface area contributed by atoms with Gasteiger partial charge in [-0.1, -0.05) is 13.0 Å². The fraction of sp³-hybridized carbons (Fsp3) is 0.538. The van der Waals surface area contributed by atoms with Crippen LogP contribution >= 0.6 is 0 Å². The van der Waals surface area contributed by atoms with Crippen LogP contribution < -0.4 is 10.6 Å². The predicted octanol–water partition coefficient (Wildman–Crippen LogP) is 1.59. The SMILES string of the molecule is CCCN=C(NCC)NCCc1ccccn1. The summed E-state index contributed by atoms with van der Waals surface area (Å²) in [6, 6.07) is 5.99. The molecule has 0 saturated carbocycles. The van der Waals surface area contributed by atoms with Crippen LogP contribution in [0.25, 0.3) is 0 Å². The minimum atomic E-state index is 0.854. The summed E-state index contributed by atoms with van der Waals surface area (Å²) in [6.07, 6.45) is 3.81. The van der Waals surface area contributed by atoms with Crippen molar-refractivity contribution >= 4 is 5.96 Å². The molecule has 0 aliphatic rings. The Hall–Kier alpha value is -1.58. The van der Waals surface area contributed by atoms with Gasteiger partial charge in [0.05, 0.1) is 0 Å². The van der Waals surface area contributed by atoms with E-state index >= 15 is 0 Å². The highest BCUT2D eigenvalue weighted by Crippen LogP contribution is 1.93. The summed E-state index contributed by atoms with van der Waals surface area (Å²) in [6.45, 7) is 6.80. The van der Waals surface area contributed by atoms with Gasteiger partial charge in [-0.3, -0.25) is 9.98 Å². The first-order valence-corrected chi connectivity index (χ1v) is 6.29. The molecule has 4 heteroatoms. The Morgan fingerprint density at radius 1 is 1.29 bits per heavy atom. The molecule has 17 heavy (non-hydrogen) atoms. The van der Waals surface area contributed by atoms with Crippen LogP contribution in [0, 0.1) is 0 Å². The summed E-state index contributed by atoms with van der Waals surface area (Å²) in [5.41, 5.74) is 1.10. The lowest BCUT2D eigenvalue weighted by atomic mass is 10.3. The van der Waals surface area contributed by atoms with E-state index in [-0.39, 0.29) is 0 Å². The van der Waals surface area contributed by atoms with Crippen molar-refractivity contribution in [3.8, 4) is 0 Å². The Bertz CT molecular complexity index is 321. The molecule has 0 fully saturated rings. The van der Waals surface area contributed by atoms with Crippen molar-refractivity contribution in [2.45, 2.75) is 26.7 Å². The molecule has 1 rings (SSSR count). The third kappa shape index (κ3) is 5.90. The molecule has 0 amide bonds. The Labute approximate surface area is 104 Å². The molecule has 1 aromatic heterocycles. The van der Waals surface area contributed by atoms with Crippen molar-refractivity contribution < 1.29 is 0 Å². The highest BCUT2D eigenvalue weighted by Gasteiger charge is 1.97. The summed E-state index contributed by atoms with van der Waals surface area (Å²) >= 11 is 0. The van der Waals surface area contributed by atoms with Crippen LogP contribution in [0.2, 0.25) is 0 Å². The van der Waals surface area contributed by atoms with Gasteiger partial charge in [-0.15, -0.1) is 0 Å². The number of rotatable bonds is 6. The van der Waals surface area contributed by atoms with Gasteiger partial charge in [-0.05, 0) is 25.5 Å². The number of pyridine rings is 1. The maximum absolute atomic E-state index is 4.44. The predicted molar refractivity (Wildman–Crippen MR) is 72.2 cm³/mol. The monoisotopic (exact) mass is 234 g/mol. The number of guanidine groups is 1. The molecule has 0 radical (unpaired) electrons. The van der Waals surface area contributed by atoms with Gasteiger partial charge in [-0.25, -0.2) is 0 Å². The number of nitrogens with one attached hydrogen (secondary N) is 2. The summed E-state index contributed by atoms with van der Waals surface area (Å²) in [4.78, 5) is 8.72. The van der Waals surface area contributed by atoms with E-state index in [1.807, 2.05) is 24.4 Å². The van der Waals surface area contributed by atoms with Crippen LogP contribution in [-0.2, 0) is 6.42 Å². The number of aliphatic imine (C=N–C) groups is 1. The number of hydrogen-bond donors (Lipinski definition) is 2. The minimum absolute atomic E-state index is 0.854. The largest absolute Gasteiger partial charge is 0.357 e. The second-order valence-corrected chi connectivity index (χ2v) is 3.76. The molecule has 0 aliphatic carbocycles. The highest BCUT2D eigenvalue weighted by atomic mass is 15.2. The van der Waals surface area contributed by atoms with Gasteiger partial charge in [-0.2, -0.15) is 0 Å². The van der Waals surface area contributed by atoms with Crippen molar-refractivity contribution in [2.24, 2.45) is 4.99 Å². The van der Waals surface area contributed by atoms with Crippen LogP contribution in [0.1, 0.15) is 26.0 Å². The zero-order chi connectivity index (χ0) is 12.3. The van der Waals surface area contributed by atoms with Gasteiger partial charge in [0, 0.05) is 37.9 Å². The van der Waals surface area contributed by atoms with Crippen molar-refractivity contribution in [1.29, 1.82) is 0 Å². The van der Waals surface area contributed by atoms with E-state index in [0.717, 1.165) is 44.1 Å². The van der Waals surface area contributed by atoms with Crippen LogP contribution in [-0.4, -0.2) is 30.6 Å². The Morgan fingerprint density at radius 2 is 2.18 bits per heavy atom. The van der Waals surface area contributed by atoms with E-state index in [1.165, 1.54) is 0 Å². The molecule has 0 atom stereocenters. The number of aromatic nitrogens is 1. The molecular formula is C13H22N4. The van der Waals surface area contributed by atoms with E-state index < -0.39 is 0 Å². The smallest absolute Gasteiger partial charge is 0.191 e. The van der Waals surface area contributed by atoms with Gasteiger partial charge in [0.15, 0.2) is 5.96 Å². The molecule has 1 heterocycles. The molecule has 0 bridgehead atoms. The van der Waals surface area contributed by atoms with Gasteiger partial charge in [0.25, 0.3) is 0 Å². The topological polar surface area (TPSA) is 49.3 Å². The molecular weight excluding hydrogens is 212 g/mol. The molecule has 94 valence electrons. The molecule has 1 aromatic rings. The normalized spacial score (nSPS) is 11.3. The van der Waals surface area contributed by atoms with E-state index in [9.17, 15) is 0 Å². The quantitative estimate of drug-likeness (QED) is 0.580. The summed E-state index contributed by atoms with van der Waals surface area (Å²) < 4.78 is 0. The lowest BCUT2D eigenvalue weighted by molar-refractivity contribution is 0.783. The van der Waals surface area contributed by atoms with Crippen LogP contribution in [0.5, 0.6) is 0 Å². The molecule has 0 aromatic carbocycles. The lowest BCUT2D eigenvalue weighted by Gasteiger charge is -2.10. The fourth-order valence-corrected chi connectivity index (χ4v) is 1.42. The Morgan fingerprint density at radius 3 is 2.82 bits per heavy atom. The van der Waals surface area contributed by atoms with E-state index in [2.05, 4.69) is 34.5 Å². The summed E-state index contributed by atoms with van der Waals surface area (Å²) in [5.74, 6) is 0.894. The Balaban J connectivity index is 2.32. The third-order valence-electron chi connectivity index (χ3n) is 2.24. The van der Waals surface area contributed by atoms with Crippen LogP contribution in [0.15, 0.2) is 29.4 Å². The zero-order valence-corrected chi connectivity index (χ0v) is 10.7. The average molecular weight is 234 g/mol. The molecule has 0 spiro atoms. The zero-order valence-electron chi connectivity index (χ0n) is 10.7. The second-order valence-electron chi connectivity index (χ2n) is 3.76. The number of hydrogen-bond acceptors (Lipinski definition) is 2. The maximum atomic E-state index is 4.44. The molecule has 0 saturated heterocycles. The standard InChI is InChI=1S/C13H22N4/c1-3-9-16-13(14-4-2)17-11-8-12-7-5-6-10-15-12/h5-7,10H,3-4,8-9,11H2,1-2H3,(H2,14,16,17). The third-order valence-corrected chi connectivity index (χ3v) is 2.24. The van der Waals surface area contributed by atoms with Gasteiger partial charge in [0.2, 0.25) is 0 Å². The summed E-state index contributed by atoms with van der Waals surface area (Å²) in [5, 5.41) is 6.53. The lowest BCUT2D eigenvalue weighted by Crippen LogP contribution is -2.38. The van der Waals surface area contributed by atoms with E-state index in [4.69, 9.17) is 0 Å². The molecule has 0 aliphatic heterocycles. The van der Waals surface area contributed by atoms with Crippen LogP contribution in [0.3, 0.4) is 0 Å². The van der Waals surface area contributed by atoms with Crippen molar-refractivity contribution in [2.75, 3.05) is 19.6 Å². The molecule has 4 nitrogen and oxygen atoms in total. The second kappa shape index (κ2) is 8.56. The Kier molecular flexibility index (Phi) is 6.79. The van der Waals surface area contributed by atoms with Crippen molar-refractivity contribution in [1.82, 2.24) is 15.6 Å². The first-order chi connectivity index (χ1) is 8.36. The minimum Gasteiger partial charge on any atom is -0.357 e. The van der Waals surface area contributed by atoms with Crippen LogP contribution in [0.4, 0.5) is 0 Å². The van der Waals surface area contributed by atoms with Crippen molar-refractivity contribution in [3.63, 3.8) is 0 Å². The summed E-state index contributed by atoms with van der Waals surface area (Å²) in [7, 11) is 0. The van der Waals surface area contributed by atoms with E-state index in [0.29, 0.717) is 0 Å². The number of nitrogens with zero attached hydrogens (tertiary/aromatic N) is 2.